The van der Waals surface area contributed by atoms with Crippen LogP contribution in [0.15, 0.2) is 66.7 Å². The van der Waals surface area contributed by atoms with Crippen molar-refractivity contribution in [3.8, 4) is 11.3 Å². The minimum atomic E-state index is -0.492. The maximum Gasteiger partial charge on any atom is 0.340 e. The number of carbonyl (C=O) groups is 2. The molecule has 0 fully saturated rings. The molecule has 1 heterocycles. The van der Waals surface area contributed by atoms with Gasteiger partial charge in [-0.2, -0.15) is 0 Å². The summed E-state index contributed by atoms with van der Waals surface area (Å²) in [6, 6.07) is 19.5. The monoisotopic (exact) mass is 347 g/mol. The first-order valence-electron chi connectivity index (χ1n) is 8.15. The molecule has 26 heavy (non-hydrogen) atoms. The third kappa shape index (κ3) is 3.92. The summed E-state index contributed by atoms with van der Waals surface area (Å²) in [6.45, 7) is 1.98. The lowest BCUT2D eigenvalue weighted by atomic mass is 10.1. The number of benzene rings is 2. The van der Waals surface area contributed by atoms with Crippen molar-refractivity contribution in [3.63, 3.8) is 0 Å². The van der Waals surface area contributed by atoms with Crippen LogP contribution in [0.25, 0.3) is 11.3 Å². The zero-order chi connectivity index (χ0) is 18.4. The highest BCUT2D eigenvalue weighted by molar-refractivity contribution is 6.07. The van der Waals surface area contributed by atoms with Gasteiger partial charge in [-0.05, 0) is 31.2 Å². The van der Waals surface area contributed by atoms with Gasteiger partial charge in [0.1, 0.15) is 0 Å². The summed E-state index contributed by atoms with van der Waals surface area (Å²) in [5.74, 6) is -0.942. The van der Waals surface area contributed by atoms with Crippen LogP contribution in [0.3, 0.4) is 0 Å². The minimum Gasteiger partial charge on any atom is -0.462 e. The van der Waals surface area contributed by atoms with E-state index in [4.69, 9.17) is 4.74 Å². The van der Waals surface area contributed by atoms with Crippen molar-refractivity contribution in [2.24, 2.45) is 0 Å². The topological polar surface area (TPSA) is 81.2 Å². The first-order chi connectivity index (χ1) is 12.7. The van der Waals surface area contributed by atoms with E-state index in [2.05, 4.69) is 15.5 Å². The molecule has 3 rings (SSSR count). The summed E-state index contributed by atoms with van der Waals surface area (Å²) in [5, 5.41) is 10.8. The summed E-state index contributed by atoms with van der Waals surface area (Å²) < 4.78 is 5.00. The van der Waals surface area contributed by atoms with E-state index in [1.165, 1.54) is 0 Å². The van der Waals surface area contributed by atoms with Crippen LogP contribution in [0.2, 0.25) is 0 Å². The van der Waals surface area contributed by atoms with Crippen LogP contribution in [0.4, 0.5) is 5.69 Å². The van der Waals surface area contributed by atoms with Gasteiger partial charge in [0.2, 0.25) is 0 Å². The van der Waals surface area contributed by atoms with Gasteiger partial charge in [-0.15, -0.1) is 10.2 Å². The smallest absolute Gasteiger partial charge is 0.340 e. The highest BCUT2D eigenvalue weighted by Gasteiger charge is 2.16. The summed E-state index contributed by atoms with van der Waals surface area (Å²) in [7, 11) is 0. The normalized spacial score (nSPS) is 10.2. The molecule has 0 unspecified atom stereocenters. The van der Waals surface area contributed by atoms with E-state index in [-0.39, 0.29) is 17.9 Å². The Morgan fingerprint density at radius 2 is 1.65 bits per heavy atom. The van der Waals surface area contributed by atoms with Crippen molar-refractivity contribution in [2.75, 3.05) is 11.9 Å². The second kappa shape index (κ2) is 8.02. The first kappa shape index (κ1) is 17.3. The highest BCUT2D eigenvalue weighted by Crippen LogP contribution is 2.18. The zero-order valence-corrected chi connectivity index (χ0v) is 14.2. The van der Waals surface area contributed by atoms with Crippen LogP contribution in [-0.4, -0.2) is 28.7 Å². The van der Waals surface area contributed by atoms with Gasteiger partial charge < -0.3 is 10.1 Å². The maximum atomic E-state index is 12.4. The number of esters is 1. The average Bonchev–Trinajstić information content (AvgIpc) is 2.69. The fraction of sp³-hybridized carbons (Fsp3) is 0.100. The van der Waals surface area contributed by atoms with E-state index in [0.29, 0.717) is 11.4 Å². The minimum absolute atomic E-state index is 0.156. The Kier molecular flexibility index (Phi) is 5.34. The standard InChI is InChI=1S/C20H17N3O3/c1-2-26-20(25)15-10-6-7-11-17(15)21-19(24)18-13-12-16(22-23-18)14-8-4-3-5-9-14/h3-13H,2H2,1H3,(H,21,24). The molecule has 0 aliphatic heterocycles. The molecule has 0 radical (unpaired) electrons. The van der Waals surface area contributed by atoms with Crippen LogP contribution in [0.1, 0.15) is 27.8 Å². The van der Waals surface area contributed by atoms with E-state index in [9.17, 15) is 9.59 Å². The summed E-state index contributed by atoms with van der Waals surface area (Å²) in [5.41, 5.74) is 2.40. The molecule has 0 spiro atoms. The number of hydrogen-bond acceptors (Lipinski definition) is 5. The van der Waals surface area contributed by atoms with E-state index >= 15 is 0 Å². The van der Waals surface area contributed by atoms with E-state index in [0.717, 1.165) is 5.56 Å². The number of anilines is 1. The molecule has 0 bridgehead atoms. The molecule has 0 saturated carbocycles. The predicted molar refractivity (Wildman–Crippen MR) is 97.8 cm³/mol. The highest BCUT2D eigenvalue weighted by atomic mass is 16.5. The lowest BCUT2D eigenvalue weighted by molar-refractivity contribution is 0.0527. The Balaban J connectivity index is 1.78. The Labute approximate surface area is 150 Å². The van der Waals surface area contributed by atoms with E-state index < -0.39 is 11.9 Å². The second-order valence-electron chi connectivity index (χ2n) is 5.39. The number of carbonyl (C=O) groups excluding carboxylic acids is 2. The molecule has 6 nitrogen and oxygen atoms in total. The quantitative estimate of drug-likeness (QED) is 0.714. The Bertz CT molecular complexity index is 909. The first-order valence-corrected chi connectivity index (χ1v) is 8.15. The number of amides is 1. The Hall–Kier alpha value is -3.54. The van der Waals surface area contributed by atoms with Crippen LogP contribution in [0, 0.1) is 0 Å². The zero-order valence-electron chi connectivity index (χ0n) is 14.2. The van der Waals surface area contributed by atoms with Crippen molar-refractivity contribution in [3.05, 3.63) is 78.0 Å². The fourth-order valence-electron chi connectivity index (χ4n) is 2.38. The van der Waals surface area contributed by atoms with Gasteiger partial charge in [0, 0.05) is 5.56 Å². The Morgan fingerprint density at radius 1 is 0.923 bits per heavy atom. The van der Waals surface area contributed by atoms with Gasteiger partial charge in [-0.25, -0.2) is 4.79 Å². The summed E-state index contributed by atoms with van der Waals surface area (Å²) >= 11 is 0. The number of nitrogens with zero attached hydrogens (tertiary/aromatic N) is 2. The number of hydrogen-bond donors (Lipinski definition) is 1. The van der Waals surface area contributed by atoms with Crippen molar-refractivity contribution in [2.45, 2.75) is 6.92 Å². The summed E-state index contributed by atoms with van der Waals surface area (Å²) in [6.07, 6.45) is 0. The van der Waals surface area contributed by atoms with Gasteiger partial charge in [0.25, 0.3) is 5.91 Å². The predicted octanol–water partition coefficient (Wildman–Crippen LogP) is 3.57. The SMILES string of the molecule is CCOC(=O)c1ccccc1NC(=O)c1ccc(-c2ccccc2)nn1. The number of ether oxygens (including phenoxy) is 1. The molecule has 0 atom stereocenters. The van der Waals surface area contributed by atoms with Crippen LogP contribution < -0.4 is 5.32 Å². The van der Waals surface area contributed by atoms with Crippen molar-refractivity contribution in [1.82, 2.24) is 10.2 Å². The third-order valence-corrected chi connectivity index (χ3v) is 3.64. The molecular formula is C20H17N3O3. The molecule has 0 aliphatic carbocycles. The number of para-hydroxylation sites is 1. The largest absolute Gasteiger partial charge is 0.462 e. The molecule has 2 aromatic carbocycles. The second-order valence-corrected chi connectivity index (χ2v) is 5.39. The van der Waals surface area contributed by atoms with Crippen molar-refractivity contribution < 1.29 is 14.3 Å². The molecule has 1 aromatic heterocycles. The molecule has 130 valence electrons. The van der Waals surface area contributed by atoms with Crippen LogP contribution in [-0.2, 0) is 4.74 Å². The molecule has 1 N–H and O–H groups in total. The summed E-state index contributed by atoms with van der Waals surface area (Å²) in [4.78, 5) is 24.4. The van der Waals surface area contributed by atoms with Crippen molar-refractivity contribution >= 4 is 17.6 Å². The molecule has 0 aliphatic rings. The van der Waals surface area contributed by atoms with Gasteiger partial charge >= 0.3 is 5.97 Å². The van der Waals surface area contributed by atoms with Crippen molar-refractivity contribution in [1.29, 1.82) is 0 Å². The lowest BCUT2D eigenvalue weighted by Gasteiger charge is -2.10. The van der Waals surface area contributed by atoms with Crippen LogP contribution in [0.5, 0.6) is 0 Å². The molecule has 6 heteroatoms. The van der Waals surface area contributed by atoms with Crippen LogP contribution >= 0.6 is 0 Å². The van der Waals surface area contributed by atoms with E-state index in [1.807, 2.05) is 30.3 Å². The number of nitrogens with one attached hydrogen (secondary N) is 1. The average molecular weight is 347 g/mol. The number of aromatic nitrogens is 2. The van der Waals surface area contributed by atoms with E-state index in [1.54, 1.807) is 43.3 Å². The molecule has 3 aromatic rings. The molecular weight excluding hydrogens is 330 g/mol. The lowest BCUT2D eigenvalue weighted by Crippen LogP contribution is -2.17. The van der Waals surface area contributed by atoms with Gasteiger partial charge in [-0.3, -0.25) is 4.79 Å². The molecule has 1 amide bonds. The fourth-order valence-corrected chi connectivity index (χ4v) is 2.38. The Morgan fingerprint density at radius 3 is 2.35 bits per heavy atom. The maximum absolute atomic E-state index is 12.4. The van der Waals surface area contributed by atoms with Gasteiger partial charge in [0.15, 0.2) is 5.69 Å². The van der Waals surface area contributed by atoms with Gasteiger partial charge in [0.05, 0.1) is 23.6 Å². The third-order valence-electron chi connectivity index (χ3n) is 3.64. The molecule has 0 saturated heterocycles. The van der Waals surface area contributed by atoms with Gasteiger partial charge in [-0.1, -0.05) is 42.5 Å². The number of rotatable bonds is 5.